The van der Waals surface area contributed by atoms with Crippen LogP contribution in [0.25, 0.3) is 0 Å². The van der Waals surface area contributed by atoms with Gasteiger partial charge in [-0.3, -0.25) is 4.90 Å². The number of nitrogens with zero attached hydrogens (tertiary/aromatic N) is 4. The molecule has 1 unspecified atom stereocenters. The van der Waals surface area contributed by atoms with Crippen molar-refractivity contribution in [3.05, 3.63) is 18.1 Å². The van der Waals surface area contributed by atoms with Gasteiger partial charge < -0.3 is 9.64 Å². The van der Waals surface area contributed by atoms with E-state index in [1.54, 1.807) is 9.80 Å². The SMILES string of the molecule is CCC12COC(=O)N1CCN(c1cc(C(F)(F)F)ncn1)C2. The third kappa shape index (κ3) is 2.34. The van der Waals surface area contributed by atoms with Crippen molar-refractivity contribution in [2.45, 2.75) is 25.1 Å². The second-order valence-corrected chi connectivity index (χ2v) is 5.46. The molecule has 0 radical (unpaired) electrons. The lowest BCUT2D eigenvalue weighted by Gasteiger charge is -2.44. The summed E-state index contributed by atoms with van der Waals surface area (Å²) in [7, 11) is 0. The predicted octanol–water partition coefficient (Wildman–Crippen LogP) is 1.92. The van der Waals surface area contributed by atoms with E-state index in [1.807, 2.05) is 6.92 Å². The fraction of sp³-hybridized carbons (Fsp3) is 0.615. The van der Waals surface area contributed by atoms with Gasteiger partial charge in [-0.25, -0.2) is 14.8 Å². The summed E-state index contributed by atoms with van der Waals surface area (Å²) >= 11 is 0. The summed E-state index contributed by atoms with van der Waals surface area (Å²) in [5.74, 6) is 0.217. The number of carbonyl (C=O) groups excluding carboxylic acids is 1. The van der Waals surface area contributed by atoms with Gasteiger partial charge in [0.25, 0.3) is 0 Å². The van der Waals surface area contributed by atoms with Crippen LogP contribution in [0.5, 0.6) is 0 Å². The number of cyclic esters (lactones) is 1. The highest BCUT2D eigenvalue weighted by molar-refractivity contribution is 5.72. The average Bonchev–Trinajstić information content (AvgIpc) is 2.84. The molecule has 2 aliphatic rings. The van der Waals surface area contributed by atoms with Gasteiger partial charge in [-0.05, 0) is 6.42 Å². The summed E-state index contributed by atoms with van der Waals surface area (Å²) in [5.41, 5.74) is -1.47. The smallest absolute Gasteiger partial charge is 0.433 e. The fourth-order valence-corrected chi connectivity index (χ4v) is 2.94. The standard InChI is InChI=1S/C13H15F3N4O2/c1-2-12-6-19(3-4-20(12)11(21)22-7-12)10-5-9(13(14,15)16)17-8-18-10/h5,8H,2-4,6-7H2,1H3. The third-order valence-corrected chi connectivity index (χ3v) is 4.26. The first-order valence-electron chi connectivity index (χ1n) is 6.94. The number of hydrogen-bond donors (Lipinski definition) is 0. The molecule has 1 amide bonds. The molecule has 2 fully saturated rings. The van der Waals surface area contributed by atoms with E-state index < -0.39 is 17.4 Å². The van der Waals surface area contributed by atoms with E-state index in [2.05, 4.69) is 9.97 Å². The van der Waals surface area contributed by atoms with Crippen LogP contribution in [-0.2, 0) is 10.9 Å². The Hall–Kier alpha value is -2.06. The van der Waals surface area contributed by atoms with Crippen LogP contribution >= 0.6 is 0 Å². The normalized spacial score (nSPS) is 25.2. The molecular formula is C13H15F3N4O2. The second-order valence-electron chi connectivity index (χ2n) is 5.46. The van der Waals surface area contributed by atoms with E-state index in [0.717, 1.165) is 12.4 Å². The molecule has 0 N–H and O–H groups in total. The number of piperazine rings is 1. The van der Waals surface area contributed by atoms with Crippen LogP contribution in [0.2, 0.25) is 0 Å². The zero-order valence-electron chi connectivity index (χ0n) is 11.9. The number of fused-ring (bicyclic) bond motifs is 1. The first-order valence-corrected chi connectivity index (χ1v) is 6.94. The Morgan fingerprint density at radius 3 is 2.82 bits per heavy atom. The number of alkyl halides is 3. The van der Waals surface area contributed by atoms with Gasteiger partial charge in [0.2, 0.25) is 0 Å². The molecule has 3 heterocycles. The van der Waals surface area contributed by atoms with Gasteiger partial charge >= 0.3 is 12.3 Å². The largest absolute Gasteiger partial charge is 0.447 e. The number of amides is 1. The van der Waals surface area contributed by atoms with Crippen molar-refractivity contribution in [2.24, 2.45) is 0 Å². The Bertz CT molecular complexity index is 595. The van der Waals surface area contributed by atoms with E-state index in [-0.39, 0.29) is 18.5 Å². The molecule has 1 aromatic heterocycles. The topological polar surface area (TPSA) is 58.6 Å². The highest BCUT2D eigenvalue weighted by atomic mass is 19.4. The molecule has 120 valence electrons. The molecule has 0 aliphatic carbocycles. The molecule has 0 aromatic carbocycles. The van der Waals surface area contributed by atoms with Gasteiger partial charge in [-0.1, -0.05) is 6.92 Å². The zero-order chi connectivity index (χ0) is 16.0. The van der Waals surface area contributed by atoms with Crippen molar-refractivity contribution in [3.8, 4) is 0 Å². The van der Waals surface area contributed by atoms with Gasteiger partial charge in [0.15, 0.2) is 0 Å². The van der Waals surface area contributed by atoms with Crippen molar-refractivity contribution < 1.29 is 22.7 Å². The van der Waals surface area contributed by atoms with E-state index in [4.69, 9.17) is 4.74 Å². The maximum absolute atomic E-state index is 12.8. The number of hydrogen-bond acceptors (Lipinski definition) is 5. The molecule has 0 bridgehead atoms. The fourth-order valence-electron chi connectivity index (χ4n) is 2.94. The molecular weight excluding hydrogens is 301 g/mol. The summed E-state index contributed by atoms with van der Waals surface area (Å²) in [6.45, 7) is 3.38. The molecule has 1 aromatic rings. The van der Waals surface area contributed by atoms with Crippen LogP contribution in [0.15, 0.2) is 12.4 Å². The summed E-state index contributed by atoms with van der Waals surface area (Å²) in [5, 5.41) is 0. The van der Waals surface area contributed by atoms with Crippen LogP contribution in [0.1, 0.15) is 19.0 Å². The zero-order valence-corrected chi connectivity index (χ0v) is 11.9. The molecule has 2 saturated heterocycles. The highest BCUT2D eigenvalue weighted by Gasteiger charge is 2.49. The van der Waals surface area contributed by atoms with Gasteiger partial charge in [-0.15, -0.1) is 0 Å². The minimum absolute atomic E-state index is 0.217. The number of ether oxygens (including phenoxy) is 1. The Balaban J connectivity index is 1.87. The van der Waals surface area contributed by atoms with E-state index in [1.165, 1.54) is 0 Å². The number of halogens is 3. The van der Waals surface area contributed by atoms with Crippen LogP contribution < -0.4 is 4.90 Å². The van der Waals surface area contributed by atoms with Crippen LogP contribution in [0.4, 0.5) is 23.8 Å². The molecule has 0 saturated carbocycles. The lowest BCUT2D eigenvalue weighted by atomic mass is 9.93. The predicted molar refractivity (Wildman–Crippen MR) is 70.3 cm³/mol. The maximum Gasteiger partial charge on any atom is 0.433 e. The summed E-state index contributed by atoms with van der Waals surface area (Å²) in [4.78, 5) is 22.3. The Labute approximate surface area is 124 Å². The molecule has 1 atom stereocenters. The van der Waals surface area contributed by atoms with E-state index in [9.17, 15) is 18.0 Å². The van der Waals surface area contributed by atoms with Gasteiger partial charge in [0.1, 0.15) is 24.4 Å². The molecule has 6 nitrogen and oxygen atoms in total. The third-order valence-electron chi connectivity index (χ3n) is 4.26. The number of aromatic nitrogens is 2. The van der Waals surface area contributed by atoms with Crippen LogP contribution in [0.3, 0.4) is 0 Å². The van der Waals surface area contributed by atoms with Crippen molar-refractivity contribution in [1.29, 1.82) is 0 Å². The first kappa shape index (κ1) is 14.9. The average molecular weight is 316 g/mol. The quantitative estimate of drug-likeness (QED) is 0.834. The van der Waals surface area contributed by atoms with Crippen molar-refractivity contribution in [1.82, 2.24) is 14.9 Å². The van der Waals surface area contributed by atoms with Gasteiger partial charge in [0, 0.05) is 25.7 Å². The molecule has 3 rings (SSSR count). The molecule has 2 aliphatic heterocycles. The Morgan fingerprint density at radius 2 is 2.14 bits per heavy atom. The van der Waals surface area contributed by atoms with Crippen molar-refractivity contribution in [2.75, 3.05) is 31.1 Å². The molecule has 22 heavy (non-hydrogen) atoms. The minimum atomic E-state index is -4.51. The monoisotopic (exact) mass is 316 g/mol. The maximum atomic E-state index is 12.8. The van der Waals surface area contributed by atoms with Gasteiger partial charge in [0.05, 0.1) is 5.54 Å². The number of anilines is 1. The van der Waals surface area contributed by atoms with Gasteiger partial charge in [-0.2, -0.15) is 13.2 Å². The first-order chi connectivity index (χ1) is 10.4. The van der Waals surface area contributed by atoms with E-state index >= 15 is 0 Å². The molecule has 0 spiro atoms. The highest BCUT2D eigenvalue weighted by Crippen LogP contribution is 2.34. The van der Waals surface area contributed by atoms with Crippen LogP contribution in [-0.4, -0.2) is 52.7 Å². The Kier molecular flexibility index (Phi) is 3.37. The minimum Gasteiger partial charge on any atom is -0.447 e. The lowest BCUT2D eigenvalue weighted by molar-refractivity contribution is -0.141. The summed E-state index contributed by atoms with van der Waals surface area (Å²) in [6.07, 6.45) is -3.29. The van der Waals surface area contributed by atoms with E-state index in [0.29, 0.717) is 26.1 Å². The number of carbonyl (C=O) groups is 1. The van der Waals surface area contributed by atoms with Crippen LogP contribution in [0, 0.1) is 0 Å². The second kappa shape index (κ2) is 4.99. The molecule has 9 heteroatoms. The summed E-state index contributed by atoms with van der Waals surface area (Å²) < 4.78 is 43.4. The Morgan fingerprint density at radius 1 is 1.36 bits per heavy atom. The van der Waals surface area contributed by atoms with Crippen molar-refractivity contribution >= 4 is 11.9 Å². The van der Waals surface area contributed by atoms with Crippen molar-refractivity contribution in [3.63, 3.8) is 0 Å². The number of rotatable bonds is 2. The lowest BCUT2D eigenvalue weighted by Crippen LogP contribution is -2.61. The summed E-state index contributed by atoms with van der Waals surface area (Å²) in [6, 6.07) is 0.941.